The fourth-order valence-electron chi connectivity index (χ4n) is 3.97. The number of piperidine rings is 1. The van der Waals surface area contributed by atoms with Crippen LogP contribution in [-0.4, -0.2) is 68.9 Å². The number of halogens is 1. The lowest BCUT2D eigenvalue weighted by Gasteiger charge is -2.34. The van der Waals surface area contributed by atoms with Crippen molar-refractivity contribution in [2.45, 2.75) is 52.2 Å². The molecule has 1 aromatic rings. The molecule has 0 bridgehead atoms. The van der Waals surface area contributed by atoms with E-state index < -0.39 is 0 Å². The summed E-state index contributed by atoms with van der Waals surface area (Å²) in [7, 11) is 0. The van der Waals surface area contributed by atoms with E-state index in [2.05, 4.69) is 48.4 Å². The van der Waals surface area contributed by atoms with E-state index in [1.165, 1.54) is 18.5 Å². The molecule has 0 aliphatic carbocycles. The van der Waals surface area contributed by atoms with Gasteiger partial charge in [0.25, 0.3) is 0 Å². The zero-order valence-electron chi connectivity index (χ0n) is 18.7. The van der Waals surface area contributed by atoms with Crippen LogP contribution in [-0.2, 0) is 4.74 Å². The summed E-state index contributed by atoms with van der Waals surface area (Å²) in [6, 6.07) is 8.67. The Hall–Kier alpha value is -1.06. The van der Waals surface area contributed by atoms with Crippen LogP contribution in [0.3, 0.4) is 0 Å². The van der Waals surface area contributed by atoms with Crippen molar-refractivity contribution in [3.05, 3.63) is 29.8 Å². The van der Waals surface area contributed by atoms with E-state index in [1.54, 1.807) is 0 Å². The van der Waals surface area contributed by atoms with Crippen LogP contribution in [0.5, 0.6) is 5.75 Å². The van der Waals surface area contributed by atoms with Crippen LogP contribution < -0.4 is 15.4 Å². The molecule has 0 aromatic heterocycles. The monoisotopic (exact) mass is 530 g/mol. The Morgan fingerprint density at radius 2 is 1.97 bits per heavy atom. The van der Waals surface area contributed by atoms with Crippen molar-refractivity contribution in [2.24, 2.45) is 10.9 Å². The topological polar surface area (TPSA) is 58.1 Å². The summed E-state index contributed by atoms with van der Waals surface area (Å²) in [5.41, 5.74) is 1.24. The number of hydrogen-bond acceptors (Lipinski definition) is 4. The van der Waals surface area contributed by atoms with E-state index in [9.17, 15) is 0 Å². The Labute approximate surface area is 199 Å². The second-order valence-corrected chi connectivity index (χ2v) is 8.41. The van der Waals surface area contributed by atoms with Crippen molar-refractivity contribution < 1.29 is 9.47 Å². The first-order valence-corrected chi connectivity index (χ1v) is 11.2. The number of aryl methyl sites for hydroxylation is 1. The fourth-order valence-corrected chi connectivity index (χ4v) is 3.97. The molecule has 2 N–H and O–H groups in total. The third-order valence-electron chi connectivity index (χ3n) is 5.68. The SMILES string of the molecule is CCNC(=NCC(C)Oc1ccc(C)cc1)NC1CCN(CC2CCOC2)CC1.I. The van der Waals surface area contributed by atoms with Crippen molar-refractivity contribution in [1.29, 1.82) is 0 Å². The van der Waals surface area contributed by atoms with Gasteiger partial charge in [0.2, 0.25) is 0 Å². The Balaban J connectivity index is 0.00000320. The quantitative estimate of drug-likeness (QED) is 0.307. The average molecular weight is 530 g/mol. The molecule has 2 fully saturated rings. The van der Waals surface area contributed by atoms with Gasteiger partial charge in [0, 0.05) is 38.8 Å². The van der Waals surface area contributed by atoms with Gasteiger partial charge in [0.05, 0.1) is 13.2 Å². The summed E-state index contributed by atoms with van der Waals surface area (Å²) in [4.78, 5) is 7.36. The van der Waals surface area contributed by atoms with Gasteiger partial charge in [-0.1, -0.05) is 17.7 Å². The van der Waals surface area contributed by atoms with Crippen LogP contribution in [0.15, 0.2) is 29.3 Å². The summed E-state index contributed by atoms with van der Waals surface area (Å²) >= 11 is 0. The molecule has 0 radical (unpaired) electrons. The van der Waals surface area contributed by atoms with Crippen LogP contribution in [0.2, 0.25) is 0 Å². The molecule has 6 nitrogen and oxygen atoms in total. The minimum absolute atomic E-state index is 0. The molecule has 2 saturated heterocycles. The molecule has 30 heavy (non-hydrogen) atoms. The van der Waals surface area contributed by atoms with Gasteiger partial charge < -0.3 is 25.0 Å². The van der Waals surface area contributed by atoms with E-state index >= 15 is 0 Å². The van der Waals surface area contributed by atoms with Gasteiger partial charge in [0.15, 0.2) is 5.96 Å². The van der Waals surface area contributed by atoms with E-state index in [0.717, 1.165) is 63.3 Å². The van der Waals surface area contributed by atoms with E-state index in [1.807, 2.05) is 12.1 Å². The molecule has 0 saturated carbocycles. The first-order chi connectivity index (χ1) is 14.1. The maximum Gasteiger partial charge on any atom is 0.191 e. The molecule has 1 aromatic carbocycles. The molecule has 2 unspecified atom stereocenters. The smallest absolute Gasteiger partial charge is 0.191 e. The zero-order valence-corrected chi connectivity index (χ0v) is 21.1. The third-order valence-corrected chi connectivity index (χ3v) is 5.68. The number of aliphatic imine (C=N–C) groups is 1. The van der Waals surface area contributed by atoms with Crippen molar-refractivity contribution in [1.82, 2.24) is 15.5 Å². The highest BCUT2D eigenvalue weighted by Crippen LogP contribution is 2.18. The Kier molecular flexibility index (Phi) is 11.2. The first-order valence-electron chi connectivity index (χ1n) is 11.2. The highest BCUT2D eigenvalue weighted by molar-refractivity contribution is 14.0. The molecule has 3 rings (SSSR count). The van der Waals surface area contributed by atoms with Crippen LogP contribution in [0, 0.1) is 12.8 Å². The lowest BCUT2D eigenvalue weighted by atomic mass is 10.0. The maximum absolute atomic E-state index is 5.99. The second-order valence-electron chi connectivity index (χ2n) is 8.41. The summed E-state index contributed by atoms with van der Waals surface area (Å²) in [5.74, 6) is 2.53. The van der Waals surface area contributed by atoms with E-state index in [0.29, 0.717) is 12.6 Å². The normalized spacial score (nSPS) is 21.7. The molecule has 7 heteroatoms. The predicted octanol–water partition coefficient (Wildman–Crippen LogP) is 3.44. The summed E-state index contributed by atoms with van der Waals surface area (Å²) in [6.07, 6.45) is 3.57. The molecular weight excluding hydrogens is 491 g/mol. The van der Waals surface area contributed by atoms with Gasteiger partial charge >= 0.3 is 0 Å². The van der Waals surface area contributed by atoms with Crippen molar-refractivity contribution in [3.63, 3.8) is 0 Å². The van der Waals surface area contributed by atoms with Crippen LogP contribution in [0.4, 0.5) is 0 Å². The Morgan fingerprint density at radius 3 is 2.60 bits per heavy atom. The zero-order chi connectivity index (χ0) is 20.5. The van der Waals surface area contributed by atoms with E-state index in [4.69, 9.17) is 14.5 Å². The number of nitrogens with zero attached hydrogens (tertiary/aromatic N) is 2. The highest BCUT2D eigenvalue weighted by atomic mass is 127. The maximum atomic E-state index is 5.99. The second kappa shape index (κ2) is 13.4. The largest absolute Gasteiger partial charge is 0.489 e. The number of guanidine groups is 1. The number of ether oxygens (including phenoxy) is 2. The van der Waals surface area contributed by atoms with Crippen molar-refractivity contribution in [2.75, 3.05) is 45.9 Å². The fraction of sp³-hybridized carbons (Fsp3) is 0.696. The summed E-state index contributed by atoms with van der Waals surface area (Å²) in [5, 5.41) is 7.01. The Bertz CT molecular complexity index is 627. The molecule has 170 valence electrons. The van der Waals surface area contributed by atoms with Crippen LogP contribution in [0.1, 0.15) is 38.7 Å². The number of hydrogen-bond donors (Lipinski definition) is 2. The predicted molar refractivity (Wildman–Crippen MR) is 134 cm³/mol. The molecule has 2 aliphatic heterocycles. The molecule has 0 spiro atoms. The van der Waals surface area contributed by atoms with Crippen LogP contribution in [0.25, 0.3) is 0 Å². The summed E-state index contributed by atoms with van der Waals surface area (Å²) < 4.78 is 11.5. The van der Waals surface area contributed by atoms with Gasteiger partial charge in [-0.3, -0.25) is 0 Å². The molecular formula is C23H39IN4O2. The minimum atomic E-state index is 0. The molecule has 0 amide bonds. The lowest BCUT2D eigenvalue weighted by Crippen LogP contribution is -2.49. The van der Waals surface area contributed by atoms with Gasteiger partial charge in [-0.25, -0.2) is 4.99 Å². The minimum Gasteiger partial charge on any atom is -0.489 e. The Morgan fingerprint density at radius 1 is 1.23 bits per heavy atom. The first kappa shape index (κ1) is 25.2. The van der Waals surface area contributed by atoms with Gasteiger partial charge in [-0.2, -0.15) is 0 Å². The van der Waals surface area contributed by atoms with Crippen LogP contribution >= 0.6 is 24.0 Å². The van der Waals surface area contributed by atoms with Crippen molar-refractivity contribution >= 4 is 29.9 Å². The number of rotatable bonds is 8. The number of likely N-dealkylation sites (tertiary alicyclic amines) is 1. The summed E-state index contributed by atoms with van der Waals surface area (Å²) in [6.45, 7) is 13.1. The van der Waals surface area contributed by atoms with Gasteiger partial charge in [0.1, 0.15) is 11.9 Å². The standard InChI is InChI=1S/C23H38N4O2.HI/c1-4-24-23(25-15-19(3)29-22-7-5-18(2)6-8-22)26-21-9-12-27(13-10-21)16-20-11-14-28-17-20;/h5-8,19-21H,4,9-17H2,1-3H3,(H2,24,25,26);1H. The molecule has 2 aliphatic rings. The van der Waals surface area contributed by atoms with Crippen molar-refractivity contribution in [3.8, 4) is 5.75 Å². The third kappa shape index (κ3) is 8.59. The highest BCUT2D eigenvalue weighted by Gasteiger charge is 2.24. The average Bonchev–Trinajstić information content (AvgIpc) is 3.23. The number of nitrogens with one attached hydrogen (secondary N) is 2. The van der Waals surface area contributed by atoms with E-state index in [-0.39, 0.29) is 30.1 Å². The number of benzene rings is 1. The van der Waals surface area contributed by atoms with Gasteiger partial charge in [-0.15, -0.1) is 24.0 Å². The lowest BCUT2D eigenvalue weighted by molar-refractivity contribution is 0.150. The molecule has 2 heterocycles. The van der Waals surface area contributed by atoms with Gasteiger partial charge in [-0.05, 0) is 58.1 Å². The molecule has 2 atom stereocenters.